The molecule has 1 aliphatic rings. The topological polar surface area (TPSA) is 96.6 Å². The van der Waals surface area contributed by atoms with E-state index in [0.717, 1.165) is 31.0 Å². The van der Waals surface area contributed by atoms with Gasteiger partial charge in [0.25, 0.3) is 0 Å². The number of nitrogens with one attached hydrogen (secondary N) is 2. The standard InChI is InChI=1S/C14H20ClFN4O2S.HI/c15-12-9-10(16)5-6-13(12)23(21,22)19-8-7-18-14(17)20-11-3-1-2-4-11;/h5-6,9,11,19H,1-4,7-8H2,(H3,17,18,20);1H. The van der Waals surface area contributed by atoms with Crippen LogP contribution in [0.15, 0.2) is 28.1 Å². The zero-order valence-electron chi connectivity index (χ0n) is 13.0. The van der Waals surface area contributed by atoms with Crippen LogP contribution in [0.3, 0.4) is 0 Å². The van der Waals surface area contributed by atoms with Crippen molar-refractivity contribution >= 4 is 51.6 Å². The second-order valence-electron chi connectivity index (χ2n) is 5.37. The number of benzene rings is 1. The molecular weight excluding hydrogens is 470 g/mol. The summed E-state index contributed by atoms with van der Waals surface area (Å²) < 4.78 is 39.5. The lowest BCUT2D eigenvalue weighted by Gasteiger charge is -2.12. The molecular formula is C14H21ClFIN4O2S. The summed E-state index contributed by atoms with van der Waals surface area (Å²) in [6, 6.07) is 3.48. The lowest BCUT2D eigenvalue weighted by Crippen LogP contribution is -2.39. The molecule has 0 atom stereocenters. The fraction of sp³-hybridized carbons (Fsp3) is 0.500. The molecule has 0 unspecified atom stereocenters. The Morgan fingerprint density at radius 1 is 1.38 bits per heavy atom. The van der Waals surface area contributed by atoms with E-state index < -0.39 is 15.8 Å². The van der Waals surface area contributed by atoms with E-state index in [1.54, 1.807) is 0 Å². The van der Waals surface area contributed by atoms with Crippen LogP contribution in [0.4, 0.5) is 4.39 Å². The van der Waals surface area contributed by atoms with Crippen molar-refractivity contribution in [1.29, 1.82) is 0 Å². The highest BCUT2D eigenvalue weighted by Gasteiger charge is 2.18. The largest absolute Gasteiger partial charge is 0.370 e. The number of rotatable bonds is 6. The number of hydrogen-bond donors (Lipinski definition) is 3. The predicted molar refractivity (Wildman–Crippen MR) is 104 cm³/mol. The van der Waals surface area contributed by atoms with Gasteiger partial charge in [-0.15, -0.1) is 24.0 Å². The van der Waals surface area contributed by atoms with Gasteiger partial charge in [-0.2, -0.15) is 0 Å². The molecule has 0 heterocycles. The maximum atomic E-state index is 13.0. The zero-order chi connectivity index (χ0) is 16.9. The third kappa shape index (κ3) is 6.34. The summed E-state index contributed by atoms with van der Waals surface area (Å²) in [6.45, 7) is 0.271. The molecule has 0 bridgehead atoms. The van der Waals surface area contributed by atoms with Gasteiger partial charge in [-0.1, -0.05) is 24.4 Å². The molecule has 1 aliphatic carbocycles. The van der Waals surface area contributed by atoms with E-state index in [0.29, 0.717) is 12.0 Å². The van der Waals surface area contributed by atoms with Crippen LogP contribution in [0.5, 0.6) is 0 Å². The van der Waals surface area contributed by atoms with E-state index in [-0.39, 0.29) is 47.0 Å². The molecule has 0 amide bonds. The van der Waals surface area contributed by atoms with Crippen molar-refractivity contribution in [3.05, 3.63) is 29.0 Å². The number of sulfonamides is 1. The summed E-state index contributed by atoms with van der Waals surface area (Å²) in [6.07, 6.45) is 4.52. The summed E-state index contributed by atoms with van der Waals surface area (Å²) in [5, 5.41) is 2.95. The number of nitrogens with zero attached hydrogens (tertiary/aromatic N) is 1. The summed E-state index contributed by atoms with van der Waals surface area (Å²) >= 11 is 5.76. The Morgan fingerprint density at radius 3 is 2.67 bits per heavy atom. The van der Waals surface area contributed by atoms with Crippen LogP contribution < -0.4 is 15.8 Å². The lowest BCUT2D eigenvalue weighted by molar-refractivity contribution is 0.581. The molecule has 1 fully saturated rings. The first-order valence-corrected chi connectivity index (χ1v) is 9.26. The number of hydrogen-bond acceptors (Lipinski definition) is 3. The van der Waals surface area contributed by atoms with Crippen molar-refractivity contribution in [2.75, 3.05) is 13.1 Å². The second kappa shape index (κ2) is 9.73. The minimum Gasteiger partial charge on any atom is -0.370 e. The highest BCUT2D eigenvalue weighted by atomic mass is 127. The molecule has 1 aromatic carbocycles. The molecule has 24 heavy (non-hydrogen) atoms. The number of nitrogens with two attached hydrogens (primary N) is 1. The summed E-state index contributed by atoms with van der Waals surface area (Å²) in [4.78, 5) is 3.92. The van der Waals surface area contributed by atoms with Gasteiger partial charge in [-0.3, -0.25) is 4.99 Å². The minimum atomic E-state index is -3.81. The van der Waals surface area contributed by atoms with Crippen LogP contribution in [0.25, 0.3) is 0 Å². The summed E-state index contributed by atoms with van der Waals surface area (Å²) in [5.41, 5.74) is 5.75. The number of guanidine groups is 1. The molecule has 0 spiro atoms. The molecule has 1 aromatic rings. The van der Waals surface area contributed by atoms with E-state index in [1.807, 2.05) is 0 Å². The molecule has 4 N–H and O–H groups in total. The summed E-state index contributed by atoms with van der Waals surface area (Å²) in [5.74, 6) is -0.278. The van der Waals surface area contributed by atoms with Gasteiger partial charge in [0.15, 0.2) is 5.96 Å². The van der Waals surface area contributed by atoms with Gasteiger partial charge in [-0.05, 0) is 31.0 Å². The highest BCUT2D eigenvalue weighted by Crippen LogP contribution is 2.21. The van der Waals surface area contributed by atoms with Gasteiger partial charge in [0.1, 0.15) is 10.7 Å². The number of aliphatic imine (C=N–C) groups is 1. The van der Waals surface area contributed by atoms with Crippen LogP contribution in [0.1, 0.15) is 25.7 Å². The predicted octanol–water partition coefficient (Wildman–Crippen LogP) is 2.22. The monoisotopic (exact) mass is 490 g/mol. The first-order valence-electron chi connectivity index (χ1n) is 7.39. The fourth-order valence-corrected chi connectivity index (χ4v) is 4.00. The van der Waals surface area contributed by atoms with Crippen molar-refractivity contribution in [1.82, 2.24) is 10.0 Å². The molecule has 2 rings (SSSR count). The highest BCUT2D eigenvalue weighted by molar-refractivity contribution is 14.0. The van der Waals surface area contributed by atoms with E-state index in [4.69, 9.17) is 17.3 Å². The van der Waals surface area contributed by atoms with Gasteiger partial charge >= 0.3 is 0 Å². The van der Waals surface area contributed by atoms with Gasteiger partial charge in [0.05, 0.1) is 11.6 Å². The van der Waals surface area contributed by atoms with Crippen LogP contribution in [-0.2, 0) is 10.0 Å². The third-order valence-corrected chi connectivity index (χ3v) is 5.52. The van der Waals surface area contributed by atoms with Crippen LogP contribution >= 0.6 is 35.6 Å². The normalized spacial score (nSPS) is 16.0. The van der Waals surface area contributed by atoms with Crippen molar-refractivity contribution in [3.8, 4) is 0 Å². The van der Waals surface area contributed by atoms with E-state index in [9.17, 15) is 12.8 Å². The van der Waals surface area contributed by atoms with Crippen molar-refractivity contribution in [2.24, 2.45) is 10.7 Å². The van der Waals surface area contributed by atoms with E-state index in [1.165, 1.54) is 12.8 Å². The Kier molecular flexibility index (Phi) is 8.68. The van der Waals surface area contributed by atoms with Gasteiger partial charge in [0, 0.05) is 12.6 Å². The van der Waals surface area contributed by atoms with Gasteiger partial charge in [0.2, 0.25) is 10.0 Å². The average molecular weight is 491 g/mol. The first kappa shape index (κ1) is 21.4. The molecule has 10 heteroatoms. The van der Waals surface area contributed by atoms with E-state index in [2.05, 4.69) is 15.0 Å². The van der Waals surface area contributed by atoms with Crippen LogP contribution in [0, 0.1) is 5.82 Å². The Hall–Kier alpha value is -0.650. The van der Waals surface area contributed by atoms with Crippen molar-refractivity contribution in [2.45, 2.75) is 36.6 Å². The molecule has 136 valence electrons. The first-order chi connectivity index (χ1) is 10.9. The maximum absolute atomic E-state index is 13.0. The molecule has 0 aliphatic heterocycles. The smallest absolute Gasteiger partial charge is 0.242 e. The Morgan fingerprint density at radius 2 is 2.04 bits per heavy atom. The second-order valence-corrected chi connectivity index (χ2v) is 7.51. The van der Waals surface area contributed by atoms with Gasteiger partial charge in [-0.25, -0.2) is 17.5 Å². The van der Waals surface area contributed by atoms with E-state index >= 15 is 0 Å². The molecule has 6 nitrogen and oxygen atoms in total. The maximum Gasteiger partial charge on any atom is 0.242 e. The fourth-order valence-electron chi connectivity index (χ4n) is 2.45. The molecule has 0 radical (unpaired) electrons. The Bertz CT molecular complexity index is 681. The third-order valence-electron chi connectivity index (χ3n) is 3.58. The zero-order valence-corrected chi connectivity index (χ0v) is 16.9. The molecule has 0 aromatic heterocycles. The Balaban J connectivity index is 0.00000288. The molecule has 1 saturated carbocycles. The Labute approximate surface area is 163 Å². The molecule has 0 saturated heterocycles. The van der Waals surface area contributed by atoms with Crippen molar-refractivity contribution in [3.63, 3.8) is 0 Å². The SMILES string of the molecule is I.NC(=NCCNS(=O)(=O)c1ccc(F)cc1Cl)NC1CCCC1. The van der Waals surface area contributed by atoms with Crippen LogP contribution in [-0.4, -0.2) is 33.5 Å². The van der Waals surface area contributed by atoms with Gasteiger partial charge < -0.3 is 11.1 Å². The minimum absolute atomic E-state index is 0. The van der Waals surface area contributed by atoms with Crippen molar-refractivity contribution < 1.29 is 12.8 Å². The summed E-state index contributed by atoms with van der Waals surface area (Å²) in [7, 11) is -3.81. The quantitative estimate of drug-likeness (QED) is 0.247. The lowest BCUT2D eigenvalue weighted by atomic mass is 10.2. The average Bonchev–Trinajstić information content (AvgIpc) is 2.96. The van der Waals surface area contributed by atoms with Crippen LogP contribution in [0.2, 0.25) is 5.02 Å². The number of halogens is 3.